The second-order valence-corrected chi connectivity index (χ2v) is 5.91. The highest BCUT2D eigenvalue weighted by Crippen LogP contribution is 2.17. The maximum absolute atomic E-state index is 12.0. The van der Waals surface area contributed by atoms with E-state index in [2.05, 4.69) is 10.3 Å². The third-order valence-electron chi connectivity index (χ3n) is 4.20. The van der Waals surface area contributed by atoms with Crippen LogP contribution >= 0.6 is 0 Å². The Kier molecular flexibility index (Phi) is 5.21. The predicted octanol–water partition coefficient (Wildman–Crippen LogP) is 2.38. The number of amides is 2. The van der Waals surface area contributed by atoms with Crippen LogP contribution < -0.4 is 5.32 Å². The maximum Gasteiger partial charge on any atom is 0.244 e. The van der Waals surface area contributed by atoms with Crippen molar-refractivity contribution in [1.29, 1.82) is 0 Å². The number of nitrogens with one attached hydrogen (secondary N) is 1. The molecule has 0 radical (unpaired) electrons. The fraction of sp³-hybridized carbons (Fsp3) is 0.316. The van der Waals surface area contributed by atoms with Crippen LogP contribution in [0.15, 0.2) is 42.6 Å². The second-order valence-electron chi connectivity index (χ2n) is 5.91. The van der Waals surface area contributed by atoms with E-state index < -0.39 is 0 Å². The van der Waals surface area contributed by atoms with Gasteiger partial charge in [-0.2, -0.15) is 0 Å². The predicted molar refractivity (Wildman–Crippen MR) is 94.2 cm³/mol. The van der Waals surface area contributed by atoms with Crippen LogP contribution in [0.1, 0.15) is 24.8 Å². The first-order chi connectivity index (χ1) is 11.7. The number of carbonyl (C=O) groups is 2. The van der Waals surface area contributed by atoms with E-state index in [0.717, 1.165) is 42.4 Å². The number of pyridine rings is 1. The summed E-state index contributed by atoms with van der Waals surface area (Å²) in [5, 5.41) is 3.69. The number of piperidine rings is 1. The summed E-state index contributed by atoms with van der Waals surface area (Å²) < 4.78 is 0. The first-order valence-corrected chi connectivity index (χ1v) is 8.31. The molecule has 124 valence electrons. The molecule has 1 aliphatic heterocycles. The lowest BCUT2D eigenvalue weighted by atomic mass is 10.1. The fourth-order valence-electron chi connectivity index (χ4n) is 2.90. The average Bonchev–Trinajstić information content (AvgIpc) is 2.65. The van der Waals surface area contributed by atoms with E-state index in [4.69, 9.17) is 0 Å². The van der Waals surface area contributed by atoms with Crippen LogP contribution in [0, 0.1) is 0 Å². The molecule has 1 aromatic heterocycles. The molecule has 1 fully saturated rings. The first-order valence-electron chi connectivity index (χ1n) is 8.31. The third-order valence-corrected chi connectivity index (χ3v) is 4.20. The lowest BCUT2D eigenvalue weighted by molar-refractivity contribution is -0.132. The van der Waals surface area contributed by atoms with Crippen molar-refractivity contribution in [3.05, 3.63) is 48.2 Å². The average molecular weight is 323 g/mol. The van der Waals surface area contributed by atoms with Crippen LogP contribution in [-0.4, -0.2) is 41.3 Å². The molecule has 0 bridgehead atoms. The fourth-order valence-corrected chi connectivity index (χ4v) is 2.90. The summed E-state index contributed by atoms with van der Waals surface area (Å²) in [7, 11) is 0. The maximum atomic E-state index is 12.0. The van der Waals surface area contributed by atoms with Crippen molar-refractivity contribution in [3.63, 3.8) is 0 Å². The molecule has 1 N–H and O–H groups in total. The summed E-state index contributed by atoms with van der Waals surface area (Å²) in [6.45, 7) is 1.65. The van der Waals surface area contributed by atoms with E-state index in [9.17, 15) is 9.59 Å². The van der Waals surface area contributed by atoms with Gasteiger partial charge in [-0.25, -0.2) is 0 Å². The Morgan fingerprint density at radius 3 is 2.75 bits per heavy atom. The largest absolute Gasteiger partial charge is 0.343 e. The van der Waals surface area contributed by atoms with Gasteiger partial charge < -0.3 is 10.2 Å². The first kappa shape index (κ1) is 16.2. The molecule has 5 heteroatoms. The Morgan fingerprint density at radius 1 is 1.12 bits per heavy atom. The van der Waals surface area contributed by atoms with Gasteiger partial charge in [0, 0.05) is 36.3 Å². The van der Waals surface area contributed by atoms with Crippen molar-refractivity contribution in [3.8, 4) is 0 Å². The normalized spacial score (nSPS) is 14.9. The molecular formula is C19H21N3O2. The smallest absolute Gasteiger partial charge is 0.244 e. The van der Waals surface area contributed by atoms with Gasteiger partial charge >= 0.3 is 0 Å². The molecule has 2 aromatic rings. The van der Waals surface area contributed by atoms with Crippen molar-refractivity contribution < 1.29 is 9.59 Å². The van der Waals surface area contributed by atoms with Gasteiger partial charge in [0.15, 0.2) is 0 Å². The van der Waals surface area contributed by atoms with E-state index in [-0.39, 0.29) is 18.4 Å². The molecule has 0 spiro atoms. The third kappa shape index (κ3) is 3.98. The van der Waals surface area contributed by atoms with Gasteiger partial charge in [-0.3, -0.25) is 14.6 Å². The Hall–Kier alpha value is -2.69. The minimum absolute atomic E-state index is 0.0109. The summed E-state index contributed by atoms with van der Waals surface area (Å²) in [6.07, 6.45) is 8.19. The number of para-hydroxylation sites is 1. The van der Waals surface area contributed by atoms with E-state index in [0.29, 0.717) is 0 Å². The Balaban J connectivity index is 1.58. The minimum Gasteiger partial charge on any atom is -0.343 e. The van der Waals surface area contributed by atoms with Gasteiger partial charge in [0.05, 0.1) is 12.1 Å². The highest BCUT2D eigenvalue weighted by Gasteiger charge is 2.16. The summed E-state index contributed by atoms with van der Waals surface area (Å²) in [4.78, 5) is 30.2. The Morgan fingerprint density at radius 2 is 1.92 bits per heavy atom. The van der Waals surface area contributed by atoms with Gasteiger partial charge in [-0.15, -0.1) is 0 Å². The standard InChI is InChI=1S/C19H21N3O2/c23-17(21-14-18(24)22-12-2-1-3-13-22)10-9-16-7-4-6-15-8-5-11-20-19(15)16/h4-11H,1-3,12-14H2,(H,21,23)/b10-9-. The van der Waals surface area contributed by atoms with Crippen molar-refractivity contribution in [2.24, 2.45) is 0 Å². The van der Waals surface area contributed by atoms with Gasteiger partial charge in [0.1, 0.15) is 0 Å². The van der Waals surface area contributed by atoms with Crippen LogP contribution in [0.25, 0.3) is 17.0 Å². The number of fused-ring (bicyclic) bond motifs is 1. The summed E-state index contributed by atoms with van der Waals surface area (Å²) in [5.74, 6) is -0.281. The van der Waals surface area contributed by atoms with Crippen molar-refractivity contribution in [1.82, 2.24) is 15.2 Å². The topological polar surface area (TPSA) is 62.3 Å². The quantitative estimate of drug-likeness (QED) is 0.879. The van der Waals surface area contributed by atoms with Gasteiger partial charge in [-0.1, -0.05) is 24.3 Å². The second kappa shape index (κ2) is 7.73. The molecule has 5 nitrogen and oxygen atoms in total. The number of benzene rings is 1. The molecule has 2 heterocycles. The molecule has 0 aliphatic carbocycles. The van der Waals surface area contributed by atoms with Gasteiger partial charge in [0.25, 0.3) is 0 Å². The van der Waals surface area contributed by atoms with Crippen LogP contribution in [-0.2, 0) is 9.59 Å². The van der Waals surface area contributed by atoms with E-state index in [1.54, 1.807) is 12.3 Å². The molecule has 3 rings (SSSR count). The summed E-state index contributed by atoms with van der Waals surface area (Å²) in [6, 6.07) is 9.70. The molecule has 24 heavy (non-hydrogen) atoms. The zero-order chi connectivity index (χ0) is 16.8. The molecule has 1 aliphatic rings. The lowest BCUT2D eigenvalue weighted by Crippen LogP contribution is -2.42. The number of likely N-dealkylation sites (tertiary alicyclic amines) is 1. The van der Waals surface area contributed by atoms with Gasteiger partial charge in [0.2, 0.25) is 11.8 Å². The molecule has 1 saturated heterocycles. The van der Waals surface area contributed by atoms with Crippen LogP contribution in [0.5, 0.6) is 0 Å². The lowest BCUT2D eigenvalue weighted by Gasteiger charge is -2.26. The van der Waals surface area contributed by atoms with E-state index in [1.807, 2.05) is 35.2 Å². The van der Waals surface area contributed by atoms with Crippen molar-refractivity contribution in [2.45, 2.75) is 19.3 Å². The SMILES string of the molecule is O=C(/C=C\c1cccc2cccnc12)NCC(=O)N1CCCCC1. The number of nitrogens with zero attached hydrogens (tertiary/aromatic N) is 2. The summed E-state index contributed by atoms with van der Waals surface area (Å²) in [5.41, 5.74) is 1.74. The van der Waals surface area contributed by atoms with E-state index >= 15 is 0 Å². The van der Waals surface area contributed by atoms with Crippen LogP contribution in [0.3, 0.4) is 0 Å². The number of hydrogen-bond acceptors (Lipinski definition) is 3. The molecule has 2 amide bonds. The molecule has 0 unspecified atom stereocenters. The molecule has 0 atom stereocenters. The van der Waals surface area contributed by atoms with E-state index in [1.165, 1.54) is 12.5 Å². The number of hydrogen-bond donors (Lipinski definition) is 1. The van der Waals surface area contributed by atoms with Crippen LogP contribution in [0.2, 0.25) is 0 Å². The zero-order valence-electron chi connectivity index (χ0n) is 13.6. The van der Waals surface area contributed by atoms with Crippen molar-refractivity contribution >= 4 is 28.8 Å². The number of carbonyl (C=O) groups excluding carboxylic acids is 2. The highest BCUT2D eigenvalue weighted by atomic mass is 16.2. The molecule has 1 aromatic carbocycles. The summed E-state index contributed by atoms with van der Waals surface area (Å²) >= 11 is 0. The van der Waals surface area contributed by atoms with Crippen LogP contribution in [0.4, 0.5) is 0 Å². The molecular weight excluding hydrogens is 302 g/mol. The monoisotopic (exact) mass is 323 g/mol. The zero-order valence-corrected chi connectivity index (χ0v) is 13.6. The minimum atomic E-state index is -0.270. The highest BCUT2D eigenvalue weighted by molar-refractivity contribution is 5.96. The number of aromatic nitrogens is 1. The Labute approximate surface area is 141 Å². The Bertz CT molecular complexity index is 759. The molecule has 0 saturated carbocycles. The number of rotatable bonds is 4. The van der Waals surface area contributed by atoms with Crippen molar-refractivity contribution in [2.75, 3.05) is 19.6 Å². The van der Waals surface area contributed by atoms with Gasteiger partial charge in [-0.05, 0) is 31.4 Å².